The van der Waals surface area contributed by atoms with Crippen LogP contribution < -0.4 is 20.5 Å². The van der Waals surface area contributed by atoms with Crippen molar-refractivity contribution in [1.82, 2.24) is 24.7 Å². The maximum Gasteiger partial charge on any atom is 0.323 e. The molecule has 0 saturated carbocycles. The minimum absolute atomic E-state index is 0.119. The van der Waals surface area contributed by atoms with Gasteiger partial charge < -0.3 is 24.8 Å². The van der Waals surface area contributed by atoms with Crippen molar-refractivity contribution in [3.8, 4) is 28.6 Å². The number of hydrogen-bond donors (Lipinski definition) is 3. The van der Waals surface area contributed by atoms with E-state index in [2.05, 4.69) is 25.5 Å². The van der Waals surface area contributed by atoms with Crippen molar-refractivity contribution in [2.24, 2.45) is 0 Å². The Morgan fingerprint density at radius 1 is 0.971 bits per heavy atom. The van der Waals surface area contributed by atoms with Crippen molar-refractivity contribution in [3.63, 3.8) is 0 Å². The molecule has 3 N–H and O–H groups in total. The SMILES string of the molecule is O=C(CSc1nnc(-c2ccc3c(c2)OCO3)n1-c1ccccc1)Nc1ccc2[nH]c(=O)[nH]c2c1. The lowest BCUT2D eigenvalue weighted by atomic mass is 10.2. The molecule has 3 heterocycles. The highest BCUT2D eigenvalue weighted by Gasteiger charge is 2.20. The summed E-state index contributed by atoms with van der Waals surface area (Å²) in [5.41, 5.74) is 3.28. The molecule has 1 amide bonds. The molecule has 11 heteroatoms. The summed E-state index contributed by atoms with van der Waals surface area (Å²) in [4.78, 5) is 29.5. The number of ether oxygens (including phenoxy) is 2. The molecule has 1 aliphatic heterocycles. The normalized spacial score (nSPS) is 12.2. The molecule has 0 spiro atoms. The monoisotopic (exact) mass is 486 g/mol. The lowest BCUT2D eigenvalue weighted by molar-refractivity contribution is -0.113. The fourth-order valence-electron chi connectivity index (χ4n) is 3.83. The van der Waals surface area contributed by atoms with Crippen LogP contribution in [0.25, 0.3) is 28.1 Å². The highest BCUT2D eigenvalue weighted by Crippen LogP contribution is 2.37. The molecule has 35 heavy (non-hydrogen) atoms. The molecule has 0 radical (unpaired) electrons. The Morgan fingerprint density at radius 2 is 1.80 bits per heavy atom. The number of fused-ring (bicyclic) bond motifs is 2. The summed E-state index contributed by atoms with van der Waals surface area (Å²) in [6, 6.07) is 20.5. The summed E-state index contributed by atoms with van der Waals surface area (Å²) in [7, 11) is 0. The number of H-pyrrole nitrogens is 2. The number of imidazole rings is 1. The van der Waals surface area contributed by atoms with Gasteiger partial charge in [-0.25, -0.2) is 4.79 Å². The first-order valence-corrected chi connectivity index (χ1v) is 11.7. The van der Waals surface area contributed by atoms with Gasteiger partial charge in [-0.2, -0.15) is 0 Å². The highest BCUT2D eigenvalue weighted by molar-refractivity contribution is 7.99. The zero-order chi connectivity index (χ0) is 23.8. The van der Waals surface area contributed by atoms with Gasteiger partial charge in [-0.15, -0.1) is 10.2 Å². The van der Waals surface area contributed by atoms with Crippen molar-refractivity contribution < 1.29 is 14.3 Å². The first-order chi connectivity index (χ1) is 17.1. The number of aromatic nitrogens is 5. The zero-order valence-electron chi connectivity index (χ0n) is 18.1. The predicted molar refractivity (Wildman–Crippen MR) is 131 cm³/mol. The number of carbonyl (C=O) groups excluding carboxylic acids is 1. The summed E-state index contributed by atoms with van der Waals surface area (Å²) in [5.74, 6) is 1.87. The second-order valence-corrected chi connectivity index (χ2v) is 8.66. The van der Waals surface area contributed by atoms with E-state index in [0.717, 1.165) is 11.3 Å². The third-order valence-electron chi connectivity index (χ3n) is 5.41. The molecule has 10 nitrogen and oxygen atoms in total. The van der Waals surface area contributed by atoms with Crippen molar-refractivity contribution in [2.45, 2.75) is 5.16 Å². The summed E-state index contributed by atoms with van der Waals surface area (Å²) in [5, 5.41) is 12.2. The predicted octanol–water partition coefficient (Wildman–Crippen LogP) is 3.56. The Balaban J connectivity index is 1.25. The number of nitrogens with one attached hydrogen (secondary N) is 3. The first-order valence-electron chi connectivity index (χ1n) is 10.7. The molecule has 0 saturated heterocycles. The third-order valence-corrected chi connectivity index (χ3v) is 6.34. The maximum atomic E-state index is 12.7. The Hall–Kier alpha value is -4.51. The number of thioether (sulfide) groups is 1. The lowest BCUT2D eigenvalue weighted by Crippen LogP contribution is -2.14. The Kier molecular flexibility index (Phi) is 5.23. The van der Waals surface area contributed by atoms with Crippen LogP contribution in [0.2, 0.25) is 0 Å². The van der Waals surface area contributed by atoms with Gasteiger partial charge in [-0.3, -0.25) is 9.36 Å². The van der Waals surface area contributed by atoms with Crippen LogP contribution in [0, 0.1) is 0 Å². The van der Waals surface area contributed by atoms with Gasteiger partial charge in [0.15, 0.2) is 22.5 Å². The van der Waals surface area contributed by atoms with E-state index in [1.165, 1.54) is 11.8 Å². The van der Waals surface area contributed by atoms with E-state index in [9.17, 15) is 9.59 Å². The molecule has 1 aliphatic rings. The Morgan fingerprint density at radius 3 is 2.69 bits per heavy atom. The van der Waals surface area contributed by atoms with Crippen LogP contribution in [-0.2, 0) is 4.79 Å². The number of benzene rings is 3. The van der Waals surface area contributed by atoms with Gasteiger partial charge in [0.2, 0.25) is 12.7 Å². The van der Waals surface area contributed by atoms with Crippen molar-refractivity contribution in [2.75, 3.05) is 17.9 Å². The topological polar surface area (TPSA) is 127 Å². The van der Waals surface area contributed by atoms with E-state index < -0.39 is 0 Å². The minimum atomic E-state index is -0.294. The maximum absolute atomic E-state index is 12.7. The molecule has 6 rings (SSSR count). The van der Waals surface area contributed by atoms with E-state index in [0.29, 0.717) is 39.2 Å². The largest absolute Gasteiger partial charge is 0.454 e. The van der Waals surface area contributed by atoms with Gasteiger partial charge in [0.05, 0.1) is 16.8 Å². The second kappa shape index (κ2) is 8.69. The van der Waals surface area contributed by atoms with Crippen LogP contribution in [0.3, 0.4) is 0 Å². The van der Waals surface area contributed by atoms with Gasteiger partial charge in [0.25, 0.3) is 0 Å². The average Bonchev–Trinajstić information content (AvgIpc) is 3.59. The molecule has 0 unspecified atom stereocenters. The van der Waals surface area contributed by atoms with E-state index in [-0.39, 0.29) is 24.1 Å². The van der Waals surface area contributed by atoms with E-state index >= 15 is 0 Å². The van der Waals surface area contributed by atoms with Crippen molar-refractivity contribution in [1.29, 1.82) is 0 Å². The standard InChI is InChI=1S/C24H18N6O4S/c31-21(25-15-7-8-17-18(11-15)27-23(32)26-17)12-35-24-29-28-22(30(24)16-4-2-1-3-5-16)14-6-9-19-20(10-14)34-13-33-19/h1-11H,12-13H2,(H,25,31)(H2,26,27,32). The van der Waals surface area contributed by atoms with Gasteiger partial charge in [0, 0.05) is 16.9 Å². The molecular weight excluding hydrogens is 468 g/mol. The van der Waals surface area contributed by atoms with Crippen LogP contribution in [0.15, 0.2) is 76.7 Å². The number of rotatable bonds is 6. The third kappa shape index (κ3) is 4.13. The number of aromatic amines is 2. The van der Waals surface area contributed by atoms with Gasteiger partial charge in [0.1, 0.15) is 0 Å². The Bertz CT molecular complexity index is 1610. The fraction of sp³-hybridized carbons (Fsp3) is 0.0833. The van der Waals surface area contributed by atoms with Crippen LogP contribution >= 0.6 is 11.8 Å². The van der Waals surface area contributed by atoms with E-state index in [1.807, 2.05) is 53.1 Å². The van der Waals surface area contributed by atoms with E-state index in [4.69, 9.17) is 9.47 Å². The van der Waals surface area contributed by atoms with Crippen LogP contribution in [0.5, 0.6) is 11.5 Å². The summed E-state index contributed by atoms with van der Waals surface area (Å²) >= 11 is 1.28. The summed E-state index contributed by atoms with van der Waals surface area (Å²) < 4.78 is 12.8. The number of para-hydroxylation sites is 1. The van der Waals surface area contributed by atoms with Gasteiger partial charge in [-0.1, -0.05) is 30.0 Å². The number of carbonyl (C=O) groups is 1. The molecular formula is C24H18N6O4S. The number of hydrogen-bond acceptors (Lipinski definition) is 7. The Labute approximate surface area is 202 Å². The zero-order valence-corrected chi connectivity index (χ0v) is 19.0. The fourth-order valence-corrected chi connectivity index (χ4v) is 4.59. The lowest BCUT2D eigenvalue weighted by Gasteiger charge is -2.11. The van der Waals surface area contributed by atoms with Crippen molar-refractivity contribution in [3.05, 3.63) is 77.2 Å². The first kappa shape index (κ1) is 21.1. The average molecular weight is 487 g/mol. The molecule has 0 atom stereocenters. The number of nitrogens with zero attached hydrogens (tertiary/aromatic N) is 3. The molecule has 5 aromatic rings. The summed E-state index contributed by atoms with van der Waals surface area (Å²) in [6.45, 7) is 0.188. The molecule has 0 bridgehead atoms. The molecule has 3 aromatic carbocycles. The molecule has 0 fully saturated rings. The van der Waals surface area contributed by atoms with E-state index in [1.54, 1.807) is 18.2 Å². The van der Waals surface area contributed by atoms with Gasteiger partial charge in [-0.05, 0) is 48.5 Å². The van der Waals surface area contributed by atoms with Crippen LogP contribution in [0.1, 0.15) is 0 Å². The van der Waals surface area contributed by atoms with Gasteiger partial charge >= 0.3 is 5.69 Å². The van der Waals surface area contributed by atoms with Crippen molar-refractivity contribution >= 4 is 34.4 Å². The minimum Gasteiger partial charge on any atom is -0.454 e. The van der Waals surface area contributed by atoms with Crippen LogP contribution in [0.4, 0.5) is 5.69 Å². The second-order valence-electron chi connectivity index (χ2n) is 7.72. The smallest absolute Gasteiger partial charge is 0.323 e. The molecule has 2 aromatic heterocycles. The quantitative estimate of drug-likeness (QED) is 0.313. The molecule has 174 valence electrons. The highest BCUT2D eigenvalue weighted by atomic mass is 32.2. The number of amides is 1. The number of anilines is 1. The summed E-state index contributed by atoms with van der Waals surface area (Å²) in [6.07, 6.45) is 0. The molecule has 0 aliphatic carbocycles. The van der Waals surface area contributed by atoms with Crippen LogP contribution in [-0.4, -0.2) is 43.2 Å².